The Kier molecular flexibility index (Phi) is 6.23. The first kappa shape index (κ1) is 22.7. The van der Waals surface area contributed by atoms with Crippen molar-refractivity contribution in [3.05, 3.63) is 27.7 Å². The molecule has 1 amide bonds. The molecule has 1 aromatic rings. The first-order valence-electron chi connectivity index (χ1n) is 9.22. The maximum atomic E-state index is 12.6. The van der Waals surface area contributed by atoms with Crippen LogP contribution < -0.4 is 10.5 Å². The van der Waals surface area contributed by atoms with E-state index < -0.39 is 29.4 Å². The van der Waals surface area contributed by atoms with Crippen molar-refractivity contribution < 1.29 is 27.5 Å². The SMILES string of the molecule is N#CC1(C(=O)N2CCC(C(N)c3cc(Cl)c(Cl)cc3OC(=O)C(F)(F)F)CC2)CC1. The predicted octanol–water partition coefficient (Wildman–Crippen LogP) is 4.00. The molecule has 1 aromatic carbocycles. The topological polar surface area (TPSA) is 96.4 Å². The molecule has 162 valence electrons. The molecule has 1 saturated carbocycles. The van der Waals surface area contributed by atoms with E-state index in [1.54, 1.807) is 4.90 Å². The zero-order valence-electron chi connectivity index (χ0n) is 15.6. The van der Waals surface area contributed by atoms with E-state index in [1.165, 1.54) is 6.07 Å². The summed E-state index contributed by atoms with van der Waals surface area (Å²) in [7, 11) is 0. The molecule has 1 atom stereocenters. The van der Waals surface area contributed by atoms with Gasteiger partial charge in [-0.1, -0.05) is 23.2 Å². The van der Waals surface area contributed by atoms with Gasteiger partial charge in [0.2, 0.25) is 5.91 Å². The van der Waals surface area contributed by atoms with Crippen molar-refractivity contribution >= 4 is 35.1 Å². The summed E-state index contributed by atoms with van der Waals surface area (Å²) in [5.74, 6) is -3.18. The molecule has 2 N–H and O–H groups in total. The summed E-state index contributed by atoms with van der Waals surface area (Å²) >= 11 is 11.9. The normalized spacial score (nSPS) is 19.7. The van der Waals surface area contributed by atoms with Crippen LogP contribution in [0.4, 0.5) is 13.2 Å². The van der Waals surface area contributed by atoms with Gasteiger partial charge in [0.15, 0.2) is 0 Å². The highest BCUT2D eigenvalue weighted by Crippen LogP contribution is 2.47. The molecule has 1 aliphatic heterocycles. The van der Waals surface area contributed by atoms with Crippen LogP contribution >= 0.6 is 23.2 Å². The summed E-state index contributed by atoms with van der Waals surface area (Å²) in [5, 5.41) is 9.17. The number of piperidine rings is 1. The van der Waals surface area contributed by atoms with Gasteiger partial charge in [0, 0.05) is 30.8 Å². The number of hydrogen-bond donors (Lipinski definition) is 1. The maximum Gasteiger partial charge on any atom is 0.491 e. The molecule has 1 heterocycles. The molecule has 3 rings (SSSR count). The molecule has 30 heavy (non-hydrogen) atoms. The number of carbonyl (C=O) groups is 2. The Hall–Kier alpha value is -2.02. The summed E-state index contributed by atoms with van der Waals surface area (Å²) in [4.78, 5) is 25.4. The van der Waals surface area contributed by atoms with Crippen molar-refractivity contribution in [3.63, 3.8) is 0 Å². The molecule has 0 bridgehead atoms. The number of nitrogens with two attached hydrogens (primary N) is 1. The van der Waals surface area contributed by atoms with Crippen LogP contribution in [-0.2, 0) is 9.59 Å². The zero-order chi connectivity index (χ0) is 22.3. The summed E-state index contributed by atoms with van der Waals surface area (Å²) in [5.41, 5.74) is 5.51. The fourth-order valence-electron chi connectivity index (χ4n) is 3.57. The van der Waals surface area contributed by atoms with Gasteiger partial charge in [-0.3, -0.25) is 4.79 Å². The van der Waals surface area contributed by atoms with Crippen molar-refractivity contribution in [2.24, 2.45) is 17.1 Å². The van der Waals surface area contributed by atoms with E-state index in [0.29, 0.717) is 38.8 Å². The standard InChI is InChI=1S/C19H18Cl2F3N3O3/c20-12-7-11(14(8-13(12)21)30-17(29)19(22,23)24)15(26)10-1-5-27(6-2-10)16(28)18(9-25)3-4-18/h7-8,10,15H,1-6,26H2. The number of halogens is 5. The molecule has 1 saturated heterocycles. The number of amides is 1. The smallest absolute Gasteiger partial charge is 0.419 e. The van der Waals surface area contributed by atoms with Crippen molar-refractivity contribution in [2.45, 2.75) is 37.9 Å². The Morgan fingerprint density at radius 2 is 1.80 bits per heavy atom. The van der Waals surface area contributed by atoms with Gasteiger partial charge in [0.05, 0.1) is 16.1 Å². The van der Waals surface area contributed by atoms with Gasteiger partial charge in [0.1, 0.15) is 11.2 Å². The van der Waals surface area contributed by atoms with Crippen LogP contribution in [0.2, 0.25) is 10.0 Å². The lowest BCUT2D eigenvalue weighted by atomic mass is 9.85. The van der Waals surface area contributed by atoms with E-state index in [-0.39, 0.29) is 27.4 Å². The molecule has 0 radical (unpaired) electrons. The van der Waals surface area contributed by atoms with Crippen LogP contribution in [-0.4, -0.2) is 36.0 Å². The minimum absolute atomic E-state index is 0.0613. The average molecular weight is 464 g/mol. The number of rotatable bonds is 4. The van der Waals surface area contributed by atoms with Gasteiger partial charge >= 0.3 is 12.1 Å². The van der Waals surface area contributed by atoms with E-state index in [1.807, 2.05) is 0 Å². The fourth-order valence-corrected chi connectivity index (χ4v) is 3.89. The number of carbonyl (C=O) groups excluding carboxylic acids is 2. The molecule has 2 fully saturated rings. The number of hydrogen-bond acceptors (Lipinski definition) is 5. The highest BCUT2D eigenvalue weighted by Gasteiger charge is 2.53. The largest absolute Gasteiger partial charge is 0.491 e. The van der Waals surface area contributed by atoms with Crippen molar-refractivity contribution in [1.29, 1.82) is 5.26 Å². The molecule has 2 aliphatic rings. The van der Waals surface area contributed by atoms with Gasteiger partial charge in [-0.2, -0.15) is 18.4 Å². The van der Waals surface area contributed by atoms with Crippen LogP contribution in [0.25, 0.3) is 0 Å². The Morgan fingerprint density at radius 1 is 1.23 bits per heavy atom. The lowest BCUT2D eigenvalue weighted by Gasteiger charge is -2.36. The van der Waals surface area contributed by atoms with Crippen LogP contribution in [0, 0.1) is 22.7 Å². The number of likely N-dealkylation sites (tertiary alicyclic amines) is 1. The van der Waals surface area contributed by atoms with Gasteiger partial charge < -0.3 is 15.4 Å². The third-order valence-corrected chi connectivity index (χ3v) is 6.28. The lowest BCUT2D eigenvalue weighted by molar-refractivity contribution is -0.189. The maximum absolute atomic E-state index is 12.6. The zero-order valence-corrected chi connectivity index (χ0v) is 17.2. The summed E-state index contributed by atoms with van der Waals surface area (Å²) < 4.78 is 42.4. The van der Waals surface area contributed by atoms with Gasteiger partial charge in [0.25, 0.3) is 0 Å². The van der Waals surface area contributed by atoms with E-state index in [0.717, 1.165) is 6.07 Å². The molecule has 11 heteroatoms. The monoisotopic (exact) mass is 463 g/mol. The molecule has 1 aliphatic carbocycles. The molecular weight excluding hydrogens is 446 g/mol. The predicted molar refractivity (Wildman–Crippen MR) is 102 cm³/mol. The Balaban J connectivity index is 1.74. The fraction of sp³-hybridized carbons (Fsp3) is 0.526. The van der Waals surface area contributed by atoms with E-state index in [4.69, 9.17) is 28.9 Å². The molecule has 6 nitrogen and oxygen atoms in total. The lowest BCUT2D eigenvalue weighted by Crippen LogP contribution is -2.44. The minimum atomic E-state index is -5.18. The van der Waals surface area contributed by atoms with Crippen molar-refractivity contribution in [3.8, 4) is 11.8 Å². The third-order valence-electron chi connectivity index (χ3n) is 5.55. The van der Waals surface area contributed by atoms with Crippen LogP contribution in [0.5, 0.6) is 5.75 Å². The summed E-state index contributed by atoms with van der Waals surface area (Å²) in [6, 6.07) is 3.61. The second-order valence-electron chi connectivity index (χ2n) is 7.54. The Labute approximate surface area is 180 Å². The summed E-state index contributed by atoms with van der Waals surface area (Å²) in [6.45, 7) is 0.749. The number of nitrogens with zero attached hydrogens (tertiary/aromatic N) is 2. The molecule has 0 spiro atoms. The Morgan fingerprint density at radius 3 is 2.30 bits per heavy atom. The van der Waals surface area contributed by atoms with E-state index in [2.05, 4.69) is 10.8 Å². The van der Waals surface area contributed by atoms with E-state index in [9.17, 15) is 28.0 Å². The number of ether oxygens (including phenoxy) is 1. The quantitative estimate of drug-likeness (QED) is 0.537. The number of benzene rings is 1. The molecule has 1 unspecified atom stereocenters. The first-order valence-corrected chi connectivity index (χ1v) is 9.98. The highest BCUT2D eigenvalue weighted by atomic mass is 35.5. The second kappa shape index (κ2) is 8.25. The molecular formula is C19H18Cl2F3N3O3. The number of esters is 1. The minimum Gasteiger partial charge on any atom is -0.419 e. The summed E-state index contributed by atoms with van der Waals surface area (Å²) in [6.07, 6.45) is -3.13. The van der Waals surface area contributed by atoms with Gasteiger partial charge in [-0.25, -0.2) is 4.79 Å². The molecule has 0 aromatic heterocycles. The third kappa shape index (κ3) is 4.51. The highest BCUT2D eigenvalue weighted by molar-refractivity contribution is 6.42. The van der Waals surface area contributed by atoms with Crippen LogP contribution in [0.15, 0.2) is 12.1 Å². The van der Waals surface area contributed by atoms with Crippen LogP contribution in [0.1, 0.15) is 37.3 Å². The van der Waals surface area contributed by atoms with Crippen LogP contribution in [0.3, 0.4) is 0 Å². The average Bonchev–Trinajstić information content (AvgIpc) is 3.50. The van der Waals surface area contributed by atoms with E-state index >= 15 is 0 Å². The Bertz CT molecular complexity index is 905. The van der Waals surface area contributed by atoms with Crippen molar-refractivity contribution in [2.75, 3.05) is 13.1 Å². The second-order valence-corrected chi connectivity index (χ2v) is 8.36. The van der Waals surface area contributed by atoms with Crippen molar-refractivity contribution in [1.82, 2.24) is 4.90 Å². The van der Waals surface area contributed by atoms with Gasteiger partial charge in [-0.05, 0) is 37.7 Å². The number of alkyl halides is 3. The van der Waals surface area contributed by atoms with Gasteiger partial charge in [-0.15, -0.1) is 0 Å². The number of nitriles is 1. The first-order chi connectivity index (χ1) is 14.0.